The smallest absolute Gasteiger partial charge is 0.134 e. The van der Waals surface area contributed by atoms with Crippen LogP contribution < -0.4 is 9.80 Å². The van der Waals surface area contributed by atoms with Gasteiger partial charge < -0.3 is 14.7 Å². The predicted molar refractivity (Wildman–Crippen MR) is 90.3 cm³/mol. The van der Waals surface area contributed by atoms with E-state index in [9.17, 15) is 0 Å². The molecule has 2 aromatic rings. The van der Waals surface area contributed by atoms with Crippen LogP contribution in [0.25, 0.3) is 0 Å². The molecule has 1 aromatic carbocycles. The van der Waals surface area contributed by atoms with Gasteiger partial charge in [-0.2, -0.15) is 0 Å². The highest BCUT2D eigenvalue weighted by molar-refractivity contribution is 5.50. The van der Waals surface area contributed by atoms with Crippen molar-refractivity contribution in [2.75, 3.05) is 50.1 Å². The number of likely N-dealkylation sites (N-methyl/N-ethyl adjacent to an activating group) is 1. The van der Waals surface area contributed by atoms with Crippen LogP contribution in [0.15, 0.2) is 42.7 Å². The van der Waals surface area contributed by atoms with Gasteiger partial charge in [0, 0.05) is 45.8 Å². The van der Waals surface area contributed by atoms with E-state index in [-0.39, 0.29) is 0 Å². The number of piperazine rings is 1. The number of nitrogens with zero attached hydrogens (tertiary/aromatic N) is 5. The second kappa shape index (κ2) is 6.75. The van der Waals surface area contributed by atoms with Crippen molar-refractivity contribution in [2.45, 2.75) is 6.54 Å². The lowest BCUT2D eigenvalue weighted by atomic mass is 10.2. The Labute approximate surface area is 132 Å². The normalized spacial score (nSPS) is 15.8. The summed E-state index contributed by atoms with van der Waals surface area (Å²) in [6.07, 6.45) is 1.67. The fraction of sp³-hybridized carbons (Fsp3) is 0.412. The molecule has 0 bridgehead atoms. The van der Waals surface area contributed by atoms with Crippen molar-refractivity contribution >= 4 is 11.6 Å². The lowest BCUT2D eigenvalue weighted by Gasteiger charge is -2.33. The van der Waals surface area contributed by atoms with Crippen LogP contribution in [0.3, 0.4) is 0 Å². The first-order valence-electron chi connectivity index (χ1n) is 7.73. The highest BCUT2D eigenvalue weighted by Gasteiger charge is 2.16. The first-order chi connectivity index (χ1) is 10.7. The molecule has 3 rings (SSSR count). The number of aromatic nitrogens is 2. The van der Waals surface area contributed by atoms with Crippen LogP contribution in [0.4, 0.5) is 11.6 Å². The highest BCUT2D eigenvalue weighted by atomic mass is 15.3. The van der Waals surface area contributed by atoms with Crippen LogP contribution in [0.1, 0.15) is 5.56 Å². The molecule has 0 aliphatic carbocycles. The van der Waals surface area contributed by atoms with Crippen molar-refractivity contribution in [3.05, 3.63) is 48.3 Å². The molecular formula is C17H23N5. The van der Waals surface area contributed by atoms with Gasteiger partial charge >= 0.3 is 0 Å². The predicted octanol–water partition coefficient (Wildman–Crippen LogP) is 1.86. The van der Waals surface area contributed by atoms with Crippen molar-refractivity contribution in [1.82, 2.24) is 14.9 Å². The fourth-order valence-electron chi connectivity index (χ4n) is 2.69. The van der Waals surface area contributed by atoms with Crippen LogP contribution in [0, 0.1) is 0 Å². The number of rotatable bonds is 4. The quantitative estimate of drug-likeness (QED) is 0.861. The van der Waals surface area contributed by atoms with Gasteiger partial charge in [0.05, 0.1) is 0 Å². The van der Waals surface area contributed by atoms with Gasteiger partial charge in [0.15, 0.2) is 0 Å². The maximum Gasteiger partial charge on any atom is 0.134 e. The van der Waals surface area contributed by atoms with Gasteiger partial charge in [-0.3, -0.25) is 0 Å². The molecular weight excluding hydrogens is 274 g/mol. The van der Waals surface area contributed by atoms with Gasteiger partial charge in [0.25, 0.3) is 0 Å². The summed E-state index contributed by atoms with van der Waals surface area (Å²) >= 11 is 0. The summed E-state index contributed by atoms with van der Waals surface area (Å²) in [5, 5.41) is 0. The third-order valence-corrected chi connectivity index (χ3v) is 4.12. The molecule has 22 heavy (non-hydrogen) atoms. The number of anilines is 2. The van der Waals surface area contributed by atoms with Gasteiger partial charge in [0.2, 0.25) is 0 Å². The number of hydrogen-bond donors (Lipinski definition) is 0. The molecule has 1 aliphatic heterocycles. The lowest BCUT2D eigenvalue weighted by Crippen LogP contribution is -2.44. The molecule has 0 radical (unpaired) electrons. The molecule has 0 amide bonds. The van der Waals surface area contributed by atoms with Gasteiger partial charge in [-0.1, -0.05) is 30.3 Å². The first-order valence-corrected chi connectivity index (χ1v) is 7.73. The number of benzene rings is 1. The van der Waals surface area contributed by atoms with Crippen molar-refractivity contribution < 1.29 is 0 Å². The Morgan fingerprint density at radius 3 is 2.50 bits per heavy atom. The van der Waals surface area contributed by atoms with Crippen molar-refractivity contribution in [1.29, 1.82) is 0 Å². The van der Waals surface area contributed by atoms with E-state index in [0.717, 1.165) is 44.4 Å². The minimum Gasteiger partial charge on any atom is -0.355 e. The van der Waals surface area contributed by atoms with E-state index in [1.165, 1.54) is 5.56 Å². The minimum absolute atomic E-state index is 0.847. The van der Waals surface area contributed by atoms with E-state index in [4.69, 9.17) is 0 Å². The second-order valence-corrected chi connectivity index (χ2v) is 5.87. The Hall–Kier alpha value is -2.14. The summed E-state index contributed by atoms with van der Waals surface area (Å²) in [5.74, 6) is 1.99. The molecule has 1 aliphatic rings. The third-order valence-electron chi connectivity index (χ3n) is 4.12. The average Bonchev–Trinajstić information content (AvgIpc) is 2.56. The molecule has 2 heterocycles. The molecule has 1 saturated heterocycles. The monoisotopic (exact) mass is 297 g/mol. The third kappa shape index (κ3) is 3.54. The number of hydrogen-bond acceptors (Lipinski definition) is 5. The average molecular weight is 297 g/mol. The summed E-state index contributed by atoms with van der Waals surface area (Å²) in [6.45, 7) is 5.06. The van der Waals surface area contributed by atoms with Gasteiger partial charge in [-0.15, -0.1) is 0 Å². The van der Waals surface area contributed by atoms with Gasteiger partial charge in [0.1, 0.15) is 18.0 Å². The Morgan fingerprint density at radius 1 is 1.05 bits per heavy atom. The Morgan fingerprint density at radius 2 is 1.77 bits per heavy atom. The zero-order valence-electron chi connectivity index (χ0n) is 13.3. The SMILES string of the molecule is CN1CCN(c2cc(N(C)Cc3ccccc3)ncn2)CC1. The van der Waals surface area contributed by atoms with Gasteiger partial charge in [-0.05, 0) is 12.6 Å². The molecule has 5 heteroatoms. The molecule has 0 N–H and O–H groups in total. The highest BCUT2D eigenvalue weighted by Crippen LogP contribution is 2.19. The lowest BCUT2D eigenvalue weighted by molar-refractivity contribution is 0.312. The topological polar surface area (TPSA) is 35.5 Å². The van der Waals surface area contributed by atoms with E-state index < -0.39 is 0 Å². The summed E-state index contributed by atoms with van der Waals surface area (Å²) in [5.41, 5.74) is 1.28. The minimum atomic E-state index is 0.847. The van der Waals surface area contributed by atoms with Crippen LogP contribution in [-0.4, -0.2) is 55.1 Å². The van der Waals surface area contributed by atoms with Gasteiger partial charge in [-0.25, -0.2) is 9.97 Å². The summed E-state index contributed by atoms with van der Waals surface area (Å²) in [7, 11) is 4.24. The van der Waals surface area contributed by atoms with E-state index in [0.29, 0.717) is 0 Å². The fourth-order valence-corrected chi connectivity index (χ4v) is 2.69. The van der Waals surface area contributed by atoms with E-state index >= 15 is 0 Å². The summed E-state index contributed by atoms with van der Waals surface area (Å²) < 4.78 is 0. The largest absolute Gasteiger partial charge is 0.355 e. The summed E-state index contributed by atoms with van der Waals surface area (Å²) in [6, 6.07) is 12.5. The van der Waals surface area contributed by atoms with Crippen molar-refractivity contribution in [3.8, 4) is 0 Å². The van der Waals surface area contributed by atoms with Crippen LogP contribution in [0.5, 0.6) is 0 Å². The summed E-state index contributed by atoms with van der Waals surface area (Å²) in [4.78, 5) is 15.7. The van der Waals surface area contributed by atoms with Crippen molar-refractivity contribution in [2.24, 2.45) is 0 Å². The zero-order valence-corrected chi connectivity index (χ0v) is 13.3. The standard InChI is InChI=1S/C17H23N5/c1-20-8-10-22(11-9-20)17-12-16(18-14-19-17)21(2)13-15-6-4-3-5-7-15/h3-7,12,14H,8-11,13H2,1-2H3. The molecule has 1 fully saturated rings. The molecule has 1 aromatic heterocycles. The van der Waals surface area contributed by atoms with Crippen LogP contribution in [0.2, 0.25) is 0 Å². The zero-order chi connectivity index (χ0) is 15.4. The Balaban J connectivity index is 1.70. The van der Waals surface area contributed by atoms with E-state index in [1.807, 2.05) is 6.07 Å². The molecule has 0 atom stereocenters. The maximum absolute atomic E-state index is 4.45. The molecule has 0 unspecified atom stereocenters. The molecule has 0 saturated carbocycles. The van der Waals surface area contributed by atoms with E-state index in [1.54, 1.807) is 6.33 Å². The molecule has 116 valence electrons. The Kier molecular flexibility index (Phi) is 4.53. The Bertz CT molecular complexity index is 593. The molecule has 5 nitrogen and oxygen atoms in total. The van der Waals surface area contributed by atoms with Crippen LogP contribution >= 0.6 is 0 Å². The van der Waals surface area contributed by atoms with Crippen molar-refractivity contribution in [3.63, 3.8) is 0 Å². The first kappa shape index (κ1) is 14.8. The maximum atomic E-state index is 4.45. The van der Waals surface area contributed by atoms with Crippen LogP contribution in [-0.2, 0) is 6.54 Å². The van der Waals surface area contributed by atoms with E-state index in [2.05, 4.69) is 69.1 Å². The molecule has 0 spiro atoms. The second-order valence-electron chi connectivity index (χ2n) is 5.87.